The van der Waals surface area contributed by atoms with E-state index in [0.29, 0.717) is 0 Å². The summed E-state index contributed by atoms with van der Waals surface area (Å²) < 4.78 is 9.93. The molecule has 24 rings (SSSR count). The van der Waals surface area contributed by atoms with E-state index in [9.17, 15) is 0 Å². The molecule has 126 heavy (non-hydrogen) atoms. The van der Waals surface area contributed by atoms with Crippen molar-refractivity contribution >= 4 is 141 Å². The summed E-state index contributed by atoms with van der Waals surface area (Å²) in [4.78, 5) is 4.79. The first-order chi connectivity index (χ1) is 62.4. The molecule has 4 heterocycles. The van der Waals surface area contributed by atoms with Gasteiger partial charge in [-0.05, 0) is 277 Å². The summed E-state index contributed by atoms with van der Waals surface area (Å²) in [7, 11) is 0. The van der Waals surface area contributed by atoms with Gasteiger partial charge in [-0.2, -0.15) is 0 Å². The van der Waals surface area contributed by atoms with Crippen molar-refractivity contribution in [1.82, 2.24) is 9.13 Å². The highest BCUT2D eigenvalue weighted by atomic mass is 32.1. The van der Waals surface area contributed by atoms with Crippen molar-refractivity contribution in [2.75, 3.05) is 9.80 Å². The molecule has 0 aliphatic carbocycles. The van der Waals surface area contributed by atoms with Gasteiger partial charge >= 0.3 is 0 Å². The Hall–Kier alpha value is -16.0. The molecule has 6 heteroatoms. The molecule has 0 N–H and O–H groups in total. The lowest BCUT2D eigenvalue weighted by Crippen LogP contribution is -2.09. The molecule has 0 aliphatic heterocycles. The summed E-state index contributed by atoms with van der Waals surface area (Å²) in [5.41, 5.74) is 32.9. The molecule has 24 aromatic rings. The minimum absolute atomic E-state index is 1.10. The van der Waals surface area contributed by atoms with Crippen LogP contribution in [0.3, 0.4) is 0 Å². The first-order valence-corrected chi connectivity index (χ1v) is 44.6. The molecule has 4 aromatic heterocycles. The van der Waals surface area contributed by atoms with Gasteiger partial charge in [0.1, 0.15) is 0 Å². The van der Waals surface area contributed by atoms with Crippen molar-refractivity contribution in [2.24, 2.45) is 0 Å². The molecule has 4 nitrogen and oxygen atoms in total. The number of fused-ring (bicyclic) bond motifs is 12. The molecule has 0 spiro atoms. The predicted molar refractivity (Wildman–Crippen MR) is 540 cm³/mol. The standard InChI is InChI=1S/2C60H40N2S/c1-4-14-41(15-5-1)46-36-47(42-16-6-2-7-17-42)38-48(37-46)44-26-31-51(32-27-44)61(52-33-34-55-54-21-11-13-23-59(54)63-60(55)40-52)50-29-24-43(25-30-50)45-28-35-58-56(39-45)53-20-10-12-22-57(53)62(58)49-18-8-3-9-19-49;1-4-14-41(15-5-1)46-36-47(42-16-6-2-7-17-42)38-48(37-46)44-26-31-51(32-27-44)61(52-33-35-60-56(40-52)54-21-11-13-23-59(54)63-60)50-29-24-43(25-30-50)45-28-34-58-55(39-45)53-20-10-12-22-57(53)62(58)49-18-8-3-9-19-49/h2*1-40H. The number of para-hydroxylation sites is 4. The normalized spacial score (nSPS) is 11.5. The maximum absolute atomic E-state index is 2.39. The monoisotopic (exact) mass is 1640 g/mol. The Morgan fingerprint density at radius 1 is 0.135 bits per heavy atom. The van der Waals surface area contributed by atoms with Crippen LogP contribution in [0.5, 0.6) is 0 Å². The molecule has 20 aromatic carbocycles. The maximum Gasteiger partial charge on any atom is 0.0541 e. The molecule has 0 atom stereocenters. The van der Waals surface area contributed by atoms with E-state index in [0.717, 1.165) is 34.1 Å². The molecular weight excluding hydrogens is 1560 g/mol. The second-order valence-corrected chi connectivity index (χ2v) is 34.5. The summed E-state index contributed by atoms with van der Waals surface area (Å²) in [5, 5.41) is 10.2. The minimum atomic E-state index is 1.10. The fourth-order valence-electron chi connectivity index (χ4n) is 18.6. The average Bonchev–Trinajstić information content (AvgIpc) is 1.59. The predicted octanol–water partition coefficient (Wildman–Crippen LogP) is 34.6. The topological polar surface area (TPSA) is 16.3 Å². The molecule has 0 saturated carbocycles. The zero-order valence-electron chi connectivity index (χ0n) is 68.8. The third kappa shape index (κ3) is 14.1. The average molecular weight is 1640 g/mol. The van der Waals surface area contributed by atoms with Gasteiger partial charge in [-0.3, -0.25) is 0 Å². The van der Waals surface area contributed by atoms with Crippen LogP contribution in [0, 0.1) is 0 Å². The van der Waals surface area contributed by atoms with Crippen LogP contribution in [0.1, 0.15) is 0 Å². The lowest BCUT2D eigenvalue weighted by molar-refractivity contribution is 1.18. The van der Waals surface area contributed by atoms with E-state index >= 15 is 0 Å². The summed E-state index contributed by atoms with van der Waals surface area (Å²) >= 11 is 3.71. The molecule has 592 valence electrons. The van der Waals surface area contributed by atoms with E-state index in [4.69, 9.17) is 0 Å². The third-order valence-electron chi connectivity index (χ3n) is 24.7. The van der Waals surface area contributed by atoms with Crippen LogP contribution in [0.2, 0.25) is 0 Å². The first-order valence-electron chi connectivity index (χ1n) is 43.0. The Balaban J connectivity index is 0.000000145. The van der Waals surface area contributed by atoms with Crippen LogP contribution in [0.4, 0.5) is 34.1 Å². The molecule has 0 bridgehead atoms. The number of thiophene rings is 2. The van der Waals surface area contributed by atoms with E-state index in [-0.39, 0.29) is 0 Å². The van der Waals surface area contributed by atoms with E-state index in [2.05, 4.69) is 504 Å². The first kappa shape index (κ1) is 75.0. The van der Waals surface area contributed by atoms with Crippen LogP contribution in [0.15, 0.2) is 485 Å². The van der Waals surface area contributed by atoms with E-state index in [1.54, 1.807) is 0 Å². The van der Waals surface area contributed by atoms with Crippen LogP contribution in [-0.2, 0) is 0 Å². The van der Waals surface area contributed by atoms with Gasteiger partial charge in [-0.1, -0.05) is 297 Å². The smallest absolute Gasteiger partial charge is 0.0541 e. The van der Waals surface area contributed by atoms with Crippen LogP contribution in [0.25, 0.3) is 184 Å². The van der Waals surface area contributed by atoms with Crippen LogP contribution >= 0.6 is 22.7 Å². The number of rotatable bonds is 16. The van der Waals surface area contributed by atoms with E-state index in [1.165, 1.54) is 184 Å². The number of hydrogen-bond acceptors (Lipinski definition) is 4. The van der Waals surface area contributed by atoms with Gasteiger partial charge in [0.25, 0.3) is 0 Å². The molecule has 0 fully saturated rings. The van der Waals surface area contributed by atoms with E-state index in [1.807, 2.05) is 22.7 Å². The summed E-state index contributed by atoms with van der Waals surface area (Å²) in [6.07, 6.45) is 0. The zero-order valence-corrected chi connectivity index (χ0v) is 70.4. The molecule has 0 saturated heterocycles. The molecule has 0 radical (unpaired) electrons. The number of hydrogen-bond donors (Lipinski definition) is 0. The molecule has 0 aliphatic rings. The quantitative estimate of drug-likeness (QED) is 0.0959. The zero-order chi connectivity index (χ0) is 83.4. The van der Waals surface area contributed by atoms with Crippen LogP contribution < -0.4 is 9.80 Å². The van der Waals surface area contributed by atoms with Gasteiger partial charge in [0.15, 0.2) is 0 Å². The Bertz CT molecular complexity index is 8020. The van der Waals surface area contributed by atoms with Crippen molar-refractivity contribution in [1.29, 1.82) is 0 Å². The number of benzene rings is 20. The van der Waals surface area contributed by atoms with Crippen molar-refractivity contribution < 1.29 is 0 Å². The van der Waals surface area contributed by atoms with Gasteiger partial charge in [0, 0.05) is 107 Å². The van der Waals surface area contributed by atoms with Crippen molar-refractivity contribution in [2.45, 2.75) is 0 Å². The molecular formula is C120H80N4S2. The fraction of sp³-hybridized carbons (Fsp3) is 0. The van der Waals surface area contributed by atoms with Crippen molar-refractivity contribution in [3.63, 3.8) is 0 Å². The third-order valence-corrected chi connectivity index (χ3v) is 27.0. The van der Waals surface area contributed by atoms with Gasteiger partial charge in [-0.15, -0.1) is 22.7 Å². The molecule has 0 unspecified atom stereocenters. The Morgan fingerprint density at radius 2 is 0.389 bits per heavy atom. The number of aromatic nitrogens is 2. The summed E-state index contributed by atoms with van der Waals surface area (Å²) in [6, 6.07) is 177. The Labute approximate surface area is 739 Å². The maximum atomic E-state index is 2.39. The Kier molecular flexibility index (Phi) is 19.3. The van der Waals surface area contributed by atoms with Crippen LogP contribution in [-0.4, -0.2) is 9.13 Å². The van der Waals surface area contributed by atoms with Crippen molar-refractivity contribution in [3.8, 4) is 100 Å². The highest BCUT2D eigenvalue weighted by Crippen LogP contribution is 2.47. The highest BCUT2D eigenvalue weighted by Gasteiger charge is 2.22. The summed E-state index contributed by atoms with van der Waals surface area (Å²) in [5.74, 6) is 0. The molecule has 0 amide bonds. The largest absolute Gasteiger partial charge is 0.310 e. The second-order valence-electron chi connectivity index (χ2n) is 32.3. The van der Waals surface area contributed by atoms with E-state index < -0.39 is 0 Å². The second kappa shape index (κ2) is 32.5. The number of anilines is 6. The highest BCUT2D eigenvalue weighted by molar-refractivity contribution is 7.26. The lowest BCUT2D eigenvalue weighted by atomic mass is 9.93. The minimum Gasteiger partial charge on any atom is -0.310 e. The fourth-order valence-corrected chi connectivity index (χ4v) is 20.8. The lowest BCUT2D eigenvalue weighted by Gasteiger charge is -2.26. The van der Waals surface area contributed by atoms with Gasteiger partial charge < -0.3 is 18.9 Å². The van der Waals surface area contributed by atoms with Gasteiger partial charge in [-0.25, -0.2) is 0 Å². The number of nitrogens with zero attached hydrogens (tertiary/aromatic N) is 4. The van der Waals surface area contributed by atoms with Gasteiger partial charge in [0.05, 0.1) is 22.1 Å². The van der Waals surface area contributed by atoms with Gasteiger partial charge in [0.2, 0.25) is 0 Å². The summed E-state index contributed by atoms with van der Waals surface area (Å²) in [6.45, 7) is 0. The van der Waals surface area contributed by atoms with Crippen molar-refractivity contribution in [3.05, 3.63) is 485 Å². The SMILES string of the molecule is c1ccc(-c2cc(-c3ccccc3)cc(-c3ccc(N(c4ccc(-c5ccc6c(c5)c5ccccc5n6-c5ccccc5)cc4)c4ccc5c(c4)sc4ccccc45)cc3)c2)cc1.c1ccc(-c2cc(-c3ccccc3)cc(-c3ccc(N(c4ccc(-c5ccc6c(c5)c5ccccc5n6-c5ccccc5)cc4)c4ccc5sc6ccccc6c5c4)cc3)c2)cc1. The Morgan fingerprint density at radius 3 is 0.770 bits per heavy atom.